The minimum atomic E-state index is -1.04. The maximum absolute atomic E-state index is 13.3. The third-order valence-corrected chi connectivity index (χ3v) is 5.93. The molecule has 0 saturated heterocycles. The molecule has 0 bridgehead atoms. The van der Waals surface area contributed by atoms with E-state index < -0.39 is 24.0 Å². The van der Waals surface area contributed by atoms with Crippen molar-refractivity contribution < 1.29 is 14.7 Å². The maximum atomic E-state index is 13.3. The van der Waals surface area contributed by atoms with Crippen molar-refractivity contribution in [2.24, 2.45) is 0 Å². The van der Waals surface area contributed by atoms with Gasteiger partial charge in [-0.15, -0.1) is 0 Å². The van der Waals surface area contributed by atoms with Crippen molar-refractivity contribution in [2.75, 3.05) is 0 Å². The van der Waals surface area contributed by atoms with Crippen LogP contribution in [0.5, 0.6) is 0 Å². The molecule has 0 unspecified atom stereocenters. The maximum Gasteiger partial charge on any atom is 0.305 e. The topological polar surface area (TPSA) is 101 Å². The fraction of sp³-hybridized carbons (Fsp3) is 0.333. The summed E-state index contributed by atoms with van der Waals surface area (Å²) in [5, 5.41) is 12.4. The van der Waals surface area contributed by atoms with E-state index in [9.17, 15) is 19.5 Å². The minimum Gasteiger partial charge on any atom is -0.481 e. The lowest BCUT2D eigenvalue weighted by molar-refractivity contribution is -0.138. The number of hydrogen-bond acceptors (Lipinski definition) is 4. The summed E-state index contributed by atoms with van der Waals surface area (Å²) in [5.41, 5.74) is 5.21. The molecule has 2 atom stereocenters. The van der Waals surface area contributed by atoms with Crippen molar-refractivity contribution >= 4 is 11.9 Å². The first-order valence-corrected chi connectivity index (χ1v) is 11.4. The molecule has 0 radical (unpaired) electrons. The van der Waals surface area contributed by atoms with E-state index in [2.05, 4.69) is 10.3 Å². The molecule has 0 spiro atoms. The van der Waals surface area contributed by atoms with Crippen molar-refractivity contribution in [1.29, 1.82) is 0 Å². The Kier molecular flexibility index (Phi) is 7.99. The number of carboxylic acid groups (broad SMARTS) is 1. The van der Waals surface area contributed by atoms with Gasteiger partial charge in [-0.25, -0.2) is 0 Å². The number of benzene rings is 1. The first-order valence-electron chi connectivity index (χ1n) is 11.4. The van der Waals surface area contributed by atoms with Crippen molar-refractivity contribution in [3.8, 4) is 11.1 Å². The normalized spacial score (nSPS) is 12.7. The summed E-state index contributed by atoms with van der Waals surface area (Å²) < 4.78 is 1.41. The van der Waals surface area contributed by atoms with Gasteiger partial charge in [0.15, 0.2) is 0 Å². The van der Waals surface area contributed by atoms with E-state index in [1.165, 1.54) is 10.6 Å². The number of rotatable bonds is 9. The van der Waals surface area contributed by atoms with Gasteiger partial charge < -0.3 is 15.0 Å². The van der Waals surface area contributed by atoms with Crippen molar-refractivity contribution in [3.63, 3.8) is 0 Å². The van der Waals surface area contributed by atoms with Crippen LogP contribution in [-0.2, 0) is 9.59 Å². The first kappa shape index (κ1) is 24.9. The Hall–Kier alpha value is -3.74. The molecule has 1 amide bonds. The fourth-order valence-electron chi connectivity index (χ4n) is 4.27. The second kappa shape index (κ2) is 10.9. The lowest BCUT2D eigenvalue weighted by Crippen LogP contribution is -2.39. The zero-order valence-electron chi connectivity index (χ0n) is 20.0. The summed E-state index contributed by atoms with van der Waals surface area (Å²) in [5.74, 6) is -1.43. The summed E-state index contributed by atoms with van der Waals surface area (Å²) in [4.78, 5) is 41.9. The molecule has 0 saturated carbocycles. The van der Waals surface area contributed by atoms with Gasteiger partial charge in [-0.1, -0.05) is 31.5 Å². The second-order valence-corrected chi connectivity index (χ2v) is 8.69. The SMILES string of the molecule is CCC[C@@H](C(=O)N[C@@H](CC(=O)O)c1cncc(-c2c(C)cccc2C)c1)n1ccc(C)cc1=O. The smallest absolute Gasteiger partial charge is 0.305 e. The van der Waals surface area contributed by atoms with Crippen LogP contribution < -0.4 is 10.9 Å². The Balaban J connectivity index is 1.96. The van der Waals surface area contributed by atoms with Crippen LogP contribution in [0.15, 0.2) is 59.8 Å². The number of amides is 1. The number of aryl methyl sites for hydroxylation is 3. The van der Waals surface area contributed by atoms with E-state index in [4.69, 9.17) is 0 Å². The first-order chi connectivity index (χ1) is 16.2. The Morgan fingerprint density at radius 2 is 1.79 bits per heavy atom. The van der Waals surface area contributed by atoms with E-state index in [0.717, 1.165) is 27.8 Å². The van der Waals surface area contributed by atoms with Crippen LogP contribution in [0.25, 0.3) is 11.1 Å². The Morgan fingerprint density at radius 3 is 2.41 bits per heavy atom. The number of pyridine rings is 2. The monoisotopic (exact) mass is 461 g/mol. The van der Waals surface area contributed by atoms with Crippen molar-refractivity contribution in [3.05, 3.63) is 87.6 Å². The average molecular weight is 462 g/mol. The molecule has 1 aromatic carbocycles. The highest BCUT2D eigenvalue weighted by Crippen LogP contribution is 2.29. The summed E-state index contributed by atoms with van der Waals surface area (Å²) in [7, 11) is 0. The number of hydrogen-bond donors (Lipinski definition) is 2. The van der Waals surface area contributed by atoms with Gasteiger partial charge in [0.25, 0.3) is 5.56 Å². The molecule has 3 rings (SSSR count). The van der Waals surface area contributed by atoms with Gasteiger partial charge >= 0.3 is 5.97 Å². The summed E-state index contributed by atoms with van der Waals surface area (Å²) in [6.07, 6.45) is 5.78. The number of nitrogens with one attached hydrogen (secondary N) is 1. The highest BCUT2D eigenvalue weighted by atomic mass is 16.4. The number of carbonyl (C=O) groups is 2. The Bertz CT molecular complexity index is 1230. The number of carboxylic acids is 1. The molecule has 0 aliphatic rings. The molecule has 3 aromatic rings. The van der Waals surface area contributed by atoms with Gasteiger partial charge in [0.1, 0.15) is 6.04 Å². The molecule has 34 heavy (non-hydrogen) atoms. The molecule has 2 aromatic heterocycles. The third-order valence-electron chi connectivity index (χ3n) is 5.93. The molecule has 0 fully saturated rings. The van der Waals surface area contributed by atoms with E-state index in [0.29, 0.717) is 18.4 Å². The van der Waals surface area contributed by atoms with Crippen LogP contribution in [0.2, 0.25) is 0 Å². The second-order valence-electron chi connectivity index (χ2n) is 8.69. The number of aromatic nitrogens is 2. The lowest BCUT2D eigenvalue weighted by atomic mass is 9.94. The summed E-state index contributed by atoms with van der Waals surface area (Å²) in [6.45, 7) is 7.78. The molecular weight excluding hydrogens is 430 g/mol. The van der Waals surface area contributed by atoms with E-state index in [-0.39, 0.29) is 12.0 Å². The van der Waals surface area contributed by atoms with E-state index in [1.807, 2.05) is 52.0 Å². The summed E-state index contributed by atoms with van der Waals surface area (Å²) >= 11 is 0. The predicted octanol–water partition coefficient (Wildman–Crippen LogP) is 4.51. The van der Waals surface area contributed by atoms with Crippen LogP contribution >= 0.6 is 0 Å². The molecule has 0 aliphatic carbocycles. The third kappa shape index (κ3) is 5.78. The van der Waals surface area contributed by atoms with Crippen molar-refractivity contribution in [2.45, 2.75) is 59.0 Å². The largest absolute Gasteiger partial charge is 0.481 e. The van der Waals surface area contributed by atoms with Gasteiger partial charge in [-0.2, -0.15) is 0 Å². The fourth-order valence-corrected chi connectivity index (χ4v) is 4.27. The zero-order chi connectivity index (χ0) is 24.8. The summed E-state index contributed by atoms with van der Waals surface area (Å²) in [6, 6.07) is 9.64. The average Bonchev–Trinajstić information content (AvgIpc) is 2.77. The highest BCUT2D eigenvalue weighted by molar-refractivity contribution is 5.81. The highest BCUT2D eigenvalue weighted by Gasteiger charge is 2.26. The van der Waals surface area contributed by atoms with Crippen LogP contribution in [0.3, 0.4) is 0 Å². The van der Waals surface area contributed by atoms with Gasteiger partial charge in [0, 0.05) is 30.2 Å². The molecule has 7 nitrogen and oxygen atoms in total. The van der Waals surface area contributed by atoms with E-state index in [1.54, 1.807) is 24.7 Å². The van der Waals surface area contributed by atoms with Gasteiger partial charge in [-0.05, 0) is 67.1 Å². The van der Waals surface area contributed by atoms with E-state index >= 15 is 0 Å². The van der Waals surface area contributed by atoms with Gasteiger partial charge in [-0.3, -0.25) is 19.4 Å². The molecule has 7 heteroatoms. The molecule has 178 valence electrons. The van der Waals surface area contributed by atoms with Crippen LogP contribution in [-0.4, -0.2) is 26.5 Å². The Labute approximate surface area is 199 Å². The van der Waals surface area contributed by atoms with Crippen LogP contribution in [0.4, 0.5) is 0 Å². The van der Waals surface area contributed by atoms with Crippen LogP contribution in [0.1, 0.15) is 60.5 Å². The number of carbonyl (C=O) groups excluding carboxylic acids is 1. The molecule has 0 aliphatic heterocycles. The number of nitrogens with zero attached hydrogens (tertiary/aromatic N) is 2. The Morgan fingerprint density at radius 1 is 1.09 bits per heavy atom. The molecular formula is C27H31N3O4. The number of aliphatic carboxylic acids is 1. The van der Waals surface area contributed by atoms with Crippen LogP contribution in [0, 0.1) is 20.8 Å². The van der Waals surface area contributed by atoms with Gasteiger partial charge in [0.2, 0.25) is 5.91 Å². The molecule has 2 N–H and O–H groups in total. The predicted molar refractivity (Wildman–Crippen MR) is 132 cm³/mol. The minimum absolute atomic E-state index is 0.262. The molecule has 2 heterocycles. The lowest BCUT2D eigenvalue weighted by Gasteiger charge is -2.24. The standard InChI is InChI=1S/C27H31N3O4/c1-5-7-23(30-11-10-17(2)12-24(30)31)27(34)29-22(14-25(32)33)20-13-21(16-28-15-20)26-18(3)8-6-9-19(26)4/h6,8-13,15-16,22-23H,5,7,14H2,1-4H3,(H,29,34)(H,32,33)/t22-,23-/m0/s1. The van der Waals surface area contributed by atoms with Crippen molar-refractivity contribution in [1.82, 2.24) is 14.9 Å². The quantitative estimate of drug-likeness (QED) is 0.488. The van der Waals surface area contributed by atoms with Gasteiger partial charge in [0.05, 0.1) is 12.5 Å². The zero-order valence-corrected chi connectivity index (χ0v) is 20.0.